The van der Waals surface area contributed by atoms with Gasteiger partial charge in [0.05, 0.1) is 28.4 Å². The normalized spacial score (nSPS) is 11.0. The first-order valence-corrected chi connectivity index (χ1v) is 13.5. The molecule has 0 spiro atoms. The molecule has 224 valence electrons. The van der Waals surface area contributed by atoms with Crippen LogP contribution in [0.3, 0.4) is 0 Å². The van der Waals surface area contributed by atoms with Crippen LogP contribution in [0.2, 0.25) is 0 Å². The molecule has 0 radical (unpaired) electrons. The molecule has 0 bridgehead atoms. The summed E-state index contributed by atoms with van der Waals surface area (Å²) in [6.07, 6.45) is 4.66. The van der Waals surface area contributed by atoms with Crippen molar-refractivity contribution in [2.75, 3.05) is 33.8 Å². The lowest BCUT2D eigenvalue weighted by molar-refractivity contribution is -0.113. The van der Waals surface area contributed by atoms with Crippen LogP contribution in [0.4, 0.5) is 5.69 Å². The first-order chi connectivity index (χ1) is 21.3. The number of benzene rings is 4. The fourth-order valence-electron chi connectivity index (χ4n) is 4.18. The first-order valence-electron chi connectivity index (χ1n) is 13.5. The molecule has 2 N–H and O–H groups in total. The first kappa shape index (κ1) is 31.1. The minimum atomic E-state index is -0.570. The molecule has 0 heterocycles. The lowest BCUT2D eigenvalue weighted by atomic mass is 10.1. The molecule has 0 aliphatic heterocycles. The zero-order chi connectivity index (χ0) is 31.5. The van der Waals surface area contributed by atoms with Crippen LogP contribution < -0.4 is 29.6 Å². The van der Waals surface area contributed by atoms with E-state index < -0.39 is 11.8 Å². The van der Waals surface area contributed by atoms with Gasteiger partial charge < -0.3 is 29.6 Å². The smallest absolute Gasteiger partial charge is 0.272 e. The quantitative estimate of drug-likeness (QED) is 0.153. The number of allylic oxidation sites excluding steroid dienone is 1. The monoisotopic (exact) mass is 592 g/mol. The number of amides is 2. The molecule has 0 saturated heterocycles. The third-order valence-electron chi connectivity index (χ3n) is 6.53. The van der Waals surface area contributed by atoms with Crippen molar-refractivity contribution < 1.29 is 33.3 Å². The van der Waals surface area contributed by atoms with Gasteiger partial charge in [0.15, 0.2) is 17.3 Å². The molecule has 44 heavy (non-hydrogen) atoms. The summed E-state index contributed by atoms with van der Waals surface area (Å²) in [5.41, 5.74) is 2.55. The second kappa shape index (κ2) is 14.9. The summed E-state index contributed by atoms with van der Waals surface area (Å²) in [4.78, 5) is 39.2. The largest absolute Gasteiger partial charge is 0.497 e. The van der Waals surface area contributed by atoms with Crippen molar-refractivity contribution in [2.45, 2.75) is 0 Å². The Bertz CT molecular complexity index is 1690. The maximum absolute atomic E-state index is 13.4. The van der Waals surface area contributed by atoms with Gasteiger partial charge in [-0.3, -0.25) is 14.4 Å². The van der Waals surface area contributed by atoms with E-state index in [2.05, 4.69) is 10.6 Å². The van der Waals surface area contributed by atoms with Gasteiger partial charge in [0.1, 0.15) is 17.2 Å². The maximum Gasteiger partial charge on any atom is 0.272 e. The van der Waals surface area contributed by atoms with E-state index in [4.69, 9.17) is 18.9 Å². The number of ether oxygens (including phenoxy) is 4. The number of carbonyl (C=O) groups excluding carboxylic acids is 3. The molecule has 0 fully saturated rings. The van der Waals surface area contributed by atoms with E-state index in [9.17, 15) is 14.4 Å². The van der Waals surface area contributed by atoms with Crippen LogP contribution in [-0.2, 0) is 4.79 Å². The second-order valence-electron chi connectivity index (χ2n) is 9.33. The van der Waals surface area contributed by atoms with E-state index in [0.717, 1.165) is 5.56 Å². The van der Waals surface area contributed by atoms with Crippen molar-refractivity contribution in [3.8, 4) is 23.0 Å². The molecule has 0 atom stereocenters. The molecular weight excluding hydrogens is 560 g/mol. The summed E-state index contributed by atoms with van der Waals surface area (Å²) in [6, 6.07) is 25.4. The Morgan fingerprint density at radius 3 is 2.02 bits per heavy atom. The molecule has 4 rings (SSSR count). The fraction of sp³-hybridized carbons (Fsp3) is 0.114. The number of ketones is 1. The Balaban J connectivity index is 1.53. The minimum absolute atomic E-state index is 0.0136. The van der Waals surface area contributed by atoms with Crippen molar-refractivity contribution in [1.82, 2.24) is 5.32 Å². The molecule has 0 unspecified atom stereocenters. The van der Waals surface area contributed by atoms with Crippen LogP contribution >= 0.6 is 0 Å². The summed E-state index contributed by atoms with van der Waals surface area (Å²) in [5, 5.41) is 5.49. The number of anilines is 1. The van der Waals surface area contributed by atoms with Gasteiger partial charge in [0, 0.05) is 28.4 Å². The number of methoxy groups -OCH3 is 4. The van der Waals surface area contributed by atoms with Crippen molar-refractivity contribution in [2.24, 2.45) is 0 Å². The van der Waals surface area contributed by atoms with Crippen LogP contribution in [0, 0.1) is 0 Å². The van der Waals surface area contributed by atoms with Gasteiger partial charge >= 0.3 is 0 Å². The van der Waals surface area contributed by atoms with E-state index in [0.29, 0.717) is 45.4 Å². The fourth-order valence-corrected chi connectivity index (χ4v) is 4.18. The number of carbonyl (C=O) groups is 3. The molecule has 4 aromatic carbocycles. The van der Waals surface area contributed by atoms with E-state index in [-0.39, 0.29) is 11.5 Å². The Morgan fingerprint density at radius 2 is 1.36 bits per heavy atom. The zero-order valence-corrected chi connectivity index (χ0v) is 24.8. The summed E-state index contributed by atoms with van der Waals surface area (Å²) >= 11 is 0. The second-order valence-corrected chi connectivity index (χ2v) is 9.33. The predicted molar refractivity (Wildman–Crippen MR) is 169 cm³/mol. The van der Waals surface area contributed by atoms with Crippen molar-refractivity contribution in [3.63, 3.8) is 0 Å². The van der Waals surface area contributed by atoms with Crippen LogP contribution in [0.15, 0.2) is 103 Å². The number of hydrogen-bond acceptors (Lipinski definition) is 7. The highest BCUT2D eigenvalue weighted by molar-refractivity contribution is 6.11. The average molecular weight is 593 g/mol. The molecule has 0 saturated carbocycles. The molecular formula is C35H32N2O7. The van der Waals surface area contributed by atoms with Crippen molar-refractivity contribution in [3.05, 3.63) is 125 Å². The molecule has 0 aliphatic rings. The number of hydrogen-bond donors (Lipinski definition) is 2. The van der Waals surface area contributed by atoms with Crippen molar-refractivity contribution >= 4 is 35.4 Å². The van der Waals surface area contributed by atoms with Crippen molar-refractivity contribution in [1.29, 1.82) is 0 Å². The number of nitrogens with one attached hydrogen (secondary N) is 2. The van der Waals surface area contributed by atoms with E-state index in [1.165, 1.54) is 26.4 Å². The van der Waals surface area contributed by atoms with E-state index in [1.807, 2.05) is 6.07 Å². The SMILES string of the molecule is COc1ccc(/C=C(\NC(=O)c2ccccc2)C(=O)Nc2ccc(C(=O)/C=C/c3ccc(OC)c(OC)c3)cc2)c(OC)c1. The minimum Gasteiger partial charge on any atom is -0.497 e. The number of rotatable bonds is 12. The topological polar surface area (TPSA) is 112 Å². The van der Waals surface area contributed by atoms with Crippen LogP contribution in [0.5, 0.6) is 23.0 Å². The third-order valence-corrected chi connectivity index (χ3v) is 6.53. The molecule has 0 aliphatic carbocycles. The molecule has 9 nitrogen and oxygen atoms in total. The summed E-state index contributed by atoms with van der Waals surface area (Å²) in [5.74, 6) is 0.927. The van der Waals surface area contributed by atoms with Gasteiger partial charge in [-0.1, -0.05) is 30.3 Å². The van der Waals surface area contributed by atoms with Gasteiger partial charge in [0.25, 0.3) is 11.8 Å². The van der Waals surface area contributed by atoms with Crippen LogP contribution in [-0.4, -0.2) is 46.0 Å². The predicted octanol–water partition coefficient (Wildman–Crippen LogP) is 6.03. The van der Waals surface area contributed by atoms with E-state index in [1.54, 1.807) is 105 Å². The molecule has 2 amide bonds. The van der Waals surface area contributed by atoms with Crippen LogP contribution in [0.25, 0.3) is 12.2 Å². The van der Waals surface area contributed by atoms with Gasteiger partial charge in [-0.25, -0.2) is 0 Å². The Morgan fingerprint density at radius 1 is 0.659 bits per heavy atom. The summed E-state index contributed by atoms with van der Waals surface area (Å²) in [7, 11) is 6.14. The molecule has 9 heteroatoms. The highest BCUT2D eigenvalue weighted by Gasteiger charge is 2.17. The summed E-state index contributed by atoms with van der Waals surface area (Å²) in [6.45, 7) is 0. The Labute approximate surface area is 255 Å². The van der Waals surface area contributed by atoms with Gasteiger partial charge in [-0.15, -0.1) is 0 Å². The lowest BCUT2D eigenvalue weighted by Crippen LogP contribution is -2.30. The average Bonchev–Trinajstić information content (AvgIpc) is 3.07. The Kier molecular flexibility index (Phi) is 10.5. The third kappa shape index (κ3) is 7.92. The Hall–Kier alpha value is -5.83. The maximum atomic E-state index is 13.4. The molecule has 4 aromatic rings. The highest BCUT2D eigenvalue weighted by Crippen LogP contribution is 2.28. The molecule has 0 aromatic heterocycles. The van der Waals surface area contributed by atoms with E-state index >= 15 is 0 Å². The standard InChI is InChI=1S/C35H32N2O7/c1-41-28-17-14-26(32(22-28)43-3)21-29(37-34(39)25-8-6-5-7-9-25)35(40)36-27-15-12-24(13-16-27)30(38)18-10-23-11-19-31(42-2)33(20-23)44-4/h5-22H,1-4H3,(H,36,40)(H,37,39)/b18-10+,29-21-. The highest BCUT2D eigenvalue weighted by atomic mass is 16.5. The van der Waals surface area contributed by atoms with Gasteiger partial charge in [0.2, 0.25) is 0 Å². The van der Waals surface area contributed by atoms with Gasteiger partial charge in [-0.2, -0.15) is 0 Å². The zero-order valence-electron chi connectivity index (χ0n) is 24.8. The van der Waals surface area contributed by atoms with Crippen LogP contribution in [0.1, 0.15) is 31.8 Å². The van der Waals surface area contributed by atoms with Gasteiger partial charge in [-0.05, 0) is 78.4 Å². The summed E-state index contributed by atoms with van der Waals surface area (Å²) < 4.78 is 21.3. The lowest BCUT2D eigenvalue weighted by Gasteiger charge is -2.13.